The van der Waals surface area contributed by atoms with Gasteiger partial charge in [0.15, 0.2) is 0 Å². The number of nitrogens with one attached hydrogen (secondary N) is 1. The zero-order valence-corrected chi connectivity index (χ0v) is 18.2. The second-order valence-corrected chi connectivity index (χ2v) is 9.50. The van der Waals surface area contributed by atoms with Crippen LogP contribution in [0, 0.1) is 6.92 Å². The van der Waals surface area contributed by atoms with Crippen LogP contribution in [0.2, 0.25) is 0 Å². The van der Waals surface area contributed by atoms with Gasteiger partial charge in [0.2, 0.25) is 10.0 Å². The highest BCUT2D eigenvalue weighted by molar-refractivity contribution is 9.10. The second kappa shape index (κ2) is 8.55. The van der Waals surface area contributed by atoms with Gasteiger partial charge in [-0.15, -0.1) is 0 Å². The molecule has 0 amide bonds. The van der Waals surface area contributed by atoms with E-state index in [9.17, 15) is 8.42 Å². The third kappa shape index (κ3) is 5.32. The number of ether oxygens (including phenoxy) is 1. The molecule has 0 radical (unpaired) electrons. The average Bonchev–Trinajstić information content (AvgIpc) is 2.52. The van der Waals surface area contributed by atoms with Gasteiger partial charge in [-0.3, -0.25) is 0 Å². The Labute approximate surface area is 165 Å². The van der Waals surface area contributed by atoms with Crippen LogP contribution in [0.4, 0.5) is 0 Å². The summed E-state index contributed by atoms with van der Waals surface area (Å²) in [5, 5.41) is 0. The van der Waals surface area contributed by atoms with Crippen LogP contribution in [-0.2, 0) is 15.8 Å². The van der Waals surface area contributed by atoms with Crippen LogP contribution in [0.25, 0.3) is 0 Å². The van der Waals surface area contributed by atoms with E-state index in [4.69, 9.17) is 4.74 Å². The number of sulfonamides is 1. The molecule has 1 atom stereocenters. The average molecular weight is 440 g/mol. The van der Waals surface area contributed by atoms with Gasteiger partial charge in [0, 0.05) is 10.5 Å². The number of aryl methyl sites for hydroxylation is 1. The molecule has 26 heavy (non-hydrogen) atoms. The first-order valence-corrected chi connectivity index (χ1v) is 11.0. The van der Waals surface area contributed by atoms with Crippen LogP contribution in [0.1, 0.15) is 55.0 Å². The number of hydrogen-bond donors (Lipinski definition) is 1. The monoisotopic (exact) mass is 439 g/mol. The fraction of sp³-hybridized carbons (Fsp3) is 0.400. The Morgan fingerprint density at radius 3 is 2.38 bits per heavy atom. The van der Waals surface area contributed by atoms with Crippen molar-refractivity contribution in [1.29, 1.82) is 0 Å². The first kappa shape index (κ1) is 20.9. The summed E-state index contributed by atoms with van der Waals surface area (Å²) in [6, 6.07) is 11.0. The summed E-state index contributed by atoms with van der Waals surface area (Å²) >= 11 is 3.37. The number of methoxy groups -OCH3 is 1. The molecule has 0 aliphatic carbocycles. The lowest BCUT2D eigenvalue weighted by Gasteiger charge is -2.21. The Bertz CT molecular complexity index is 879. The molecule has 0 bridgehead atoms. The lowest BCUT2D eigenvalue weighted by molar-refractivity contribution is 0.406. The van der Waals surface area contributed by atoms with E-state index in [1.165, 1.54) is 0 Å². The summed E-state index contributed by atoms with van der Waals surface area (Å²) in [4.78, 5) is 0. The van der Waals surface area contributed by atoms with Crippen LogP contribution >= 0.6 is 15.9 Å². The summed E-state index contributed by atoms with van der Waals surface area (Å²) in [6.45, 7) is 8.04. The van der Waals surface area contributed by atoms with E-state index in [0.717, 1.165) is 32.5 Å². The molecule has 142 valence electrons. The molecule has 2 rings (SSSR count). The Hall–Kier alpha value is -1.37. The van der Waals surface area contributed by atoms with Gasteiger partial charge in [-0.25, -0.2) is 13.1 Å². The van der Waals surface area contributed by atoms with Crippen LogP contribution in [-0.4, -0.2) is 15.5 Å². The summed E-state index contributed by atoms with van der Waals surface area (Å²) < 4.78 is 34.3. The Balaban J connectivity index is 2.25. The topological polar surface area (TPSA) is 55.4 Å². The van der Waals surface area contributed by atoms with E-state index >= 15 is 0 Å². The molecule has 0 aliphatic rings. The molecule has 0 spiro atoms. The normalized spacial score (nSPS) is 13.0. The molecule has 0 saturated carbocycles. The van der Waals surface area contributed by atoms with Gasteiger partial charge in [0.25, 0.3) is 0 Å². The standard InChI is InChI=1S/C20H26BrNO3S/c1-13(2)18-11-19(14(3)9-20(18)25-5)15(4)22-26(23,24)12-16-7-6-8-17(21)10-16/h6-11,13,15,22H,12H2,1-5H3. The van der Waals surface area contributed by atoms with Crippen LogP contribution in [0.3, 0.4) is 0 Å². The minimum absolute atomic E-state index is 0.0526. The van der Waals surface area contributed by atoms with Crippen molar-refractivity contribution < 1.29 is 13.2 Å². The van der Waals surface area contributed by atoms with Crippen molar-refractivity contribution in [2.45, 2.75) is 45.4 Å². The molecule has 1 N–H and O–H groups in total. The highest BCUT2D eigenvalue weighted by Crippen LogP contribution is 2.32. The highest BCUT2D eigenvalue weighted by atomic mass is 79.9. The molecule has 0 aliphatic heterocycles. The van der Waals surface area contributed by atoms with Crippen molar-refractivity contribution in [3.05, 3.63) is 63.1 Å². The first-order valence-electron chi connectivity index (χ1n) is 8.56. The van der Waals surface area contributed by atoms with Crippen molar-refractivity contribution in [2.24, 2.45) is 0 Å². The maximum atomic E-state index is 12.6. The third-order valence-electron chi connectivity index (χ3n) is 4.31. The molecule has 2 aromatic carbocycles. The van der Waals surface area contributed by atoms with E-state index in [2.05, 4.69) is 34.5 Å². The minimum atomic E-state index is -3.47. The van der Waals surface area contributed by atoms with Gasteiger partial charge in [-0.1, -0.05) is 41.9 Å². The largest absolute Gasteiger partial charge is 0.496 e. The van der Waals surface area contributed by atoms with Gasteiger partial charge >= 0.3 is 0 Å². The summed E-state index contributed by atoms with van der Waals surface area (Å²) in [6.07, 6.45) is 0. The lowest BCUT2D eigenvalue weighted by Crippen LogP contribution is -2.28. The van der Waals surface area contributed by atoms with Crippen molar-refractivity contribution in [2.75, 3.05) is 7.11 Å². The van der Waals surface area contributed by atoms with Crippen LogP contribution < -0.4 is 9.46 Å². The number of benzene rings is 2. The van der Waals surface area contributed by atoms with Gasteiger partial charge in [-0.2, -0.15) is 0 Å². The summed E-state index contributed by atoms with van der Waals surface area (Å²) in [7, 11) is -1.81. The van der Waals surface area contributed by atoms with E-state index < -0.39 is 10.0 Å². The molecule has 0 heterocycles. The fourth-order valence-corrected chi connectivity index (χ4v) is 4.84. The van der Waals surface area contributed by atoms with Crippen molar-refractivity contribution in [1.82, 2.24) is 4.72 Å². The molecule has 0 aromatic heterocycles. The van der Waals surface area contributed by atoms with Gasteiger partial charge < -0.3 is 4.74 Å². The summed E-state index contributed by atoms with van der Waals surface area (Å²) in [5.74, 6) is 1.07. The SMILES string of the molecule is COc1cc(C)c(C(C)NS(=O)(=O)Cc2cccc(Br)c2)cc1C(C)C. The molecule has 2 aromatic rings. The van der Waals surface area contributed by atoms with E-state index in [0.29, 0.717) is 0 Å². The molecule has 6 heteroatoms. The Morgan fingerprint density at radius 1 is 1.12 bits per heavy atom. The molecule has 4 nitrogen and oxygen atoms in total. The number of hydrogen-bond acceptors (Lipinski definition) is 3. The molecule has 0 saturated heterocycles. The number of halogens is 1. The zero-order valence-electron chi connectivity index (χ0n) is 15.8. The van der Waals surface area contributed by atoms with Crippen molar-refractivity contribution in [3.63, 3.8) is 0 Å². The van der Waals surface area contributed by atoms with Crippen LogP contribution in [0.15, 0.2) is 40.9 Å². The molecule has 0 fully saturated rings. The fourth-order valence-electron chi connectivity index (χ4n) is 3.03. The summed E-state index contributed by atoms with van der Waals surface area (Å²) in [5.41, 5.74) is 3.79. The minimum Gasteiger partial charge on any atom is -0.496 e. The first-order chi connectivity index (χ1) is 12.1. The van der Waals surface area contributed by atoms with E-state index in [1.807, 2.05) is 50.2 Å². The zero-order chi connectivity index (χ0) is 19.5. The van der Waals surface area contributed by atoms with Crippen molar-refractivity contribution >= 4 is 26.0 Å². The van der Waals surface area contributed by atoms with Crippen molar-refractivity contribution in [3.8, 4) is 5.75 Å². The third-order valence-corrected chi connectivity index (χ3v) is 6.23. The Kier molecular flexibility index (Phi) is 6.88. The van der Waals surface area contributed by atoms with E-state index in [1.54, 1.807) is 7.11 Å². The predicted molar refractivity (Wildman–Crippen MR) is 110 cm³/mol. The lowest BCUT2D eigenvalue weighted by atomic mass is 9.94. The second-order valence-electron chi connectivity index (χ2n) is 6.83. The highest BCUT2D eigenvalue weighted by Gasteiger charge is 2.20. The van der Waals surface area contributed by atoms with Gasteiger partial charge in [0.1, 0.15) is 5.75 Å². The maximum absolute atomic E-state index is 12.6. The Morgan fingerprint density at radius 2 is 1.81 bits per heavy atom. The number of rotatable bonds is 7. The molecular formula is C20H26BrNO3S. The van der Waals surface area contributed by atoms with Crippen LogP contribution in [0.5, 0.6) is 5.75 Å². The van der Waals surface area contributed by atoms with Gasteiger partial charge in [-0.05, 0) is 66.3 Å². The van der Waals surface area contributed by atoms with Gasteiger partial charge in [0.05, 0.1) is 12.9 Å². The van der Waals surface area contributed by atoms with E-state index in [-0.39, 0.29) is 17.7 Å². The maximum Gasteiger partial charge on any atom is 0.216 e. The molecular weight excluding hydrogens is 414 g/mol. The molecule has 1 unspecified atom stereocenters. The predicted octanol–water partition coefficient (Wildman–Crippen LogP) is 5.07. The smallest absolute Gasteiger partial charge is 0.216 e. The quantitative estimate of drug-likeness (QED) is 0.654.